The normalized spacial score (nSPS) is 11.8. The number of aryl methyl sites for hydroxylation is 1. The van der Waals surface area contributed by atoms with Crippen molar-refractivity contribution in [2.75, 3.05) is 0 Å². The number of carbonyl (C=O) groups excluding carboxylic acids is 1. The molecule has 5 heteroatoms. The molecule has 0 fully saturated rings. The number of aliphatic hydroxyl groups is 1. The fourth-order valence-corrected chi connectivity index (χ4v) is 10.3. The molecule has 0 unspecified atom stereocenters. The number of aromatic nitrogens is 2. The predicted molar refractivity (Wildman–Crippen MR) is 282 cm³/mol. The first-order valence-corrected chi connectivity index (χ1v) is 23.0. The van der Waals surface area contributed by atoms with Crippen LogP contribution in [-0.4, -0.2) is 20.9 Å². The van der Waals surface area contributed by atoms with E-state index in [1.54, 1.807) is 0 Å². The number of rotatable bonds is 9. The number of allylic oxidation sites excluding steroid dienone is 2. The molecule has 0 aliphatic rings. The zero-order chi connectivity index (χ0) is 45.7. The molecule has 1 N–H and O–H groups in total. The van der Waals surface area contributed by atoms with Gasteiger partial charge in [-0.1, -0.05) is 177 Å². The SMILES string of the molecule is C/C(O)=C/C(=O)CCc1ccccc1-c1cc(-c2ccccc2-c2c[c-]c3c(c2)c2ccccc2c2cccnc32)cc(-c2ccccc2-c2c[c-]c3c(c2)c2ccccc2c2cccnc32)c1.[Ir]. The van der Waals surface area contributed by atoms with Gasteiger partial charge in [-0.2, -0.15) is 0 Å². The van der Waals surface area contributed by atoms with Crippen molar-refractivity contribution >= 4 is 70.7 Å². The molecule has 0 saturated carbocycles. The maximum atomic E-state index is 12.9. The fraction of sp³-hybridized carbons (Fsp3) is 0.0469. The Labute approximate surface area is 413 Å². The molecule has 0 amide bonds. The minimum atomic E-state index is -0.107. The van der Waals surface area contributed by atoms with E-state index in [2.05, 4.69) is 182 Å². The number of fused-ring (bicyclic) bond motifs is 12. The maximum Gasteiger partial charge on any atom is 0.159 e. The number of ketones is 1. The standard InChI is InChI=1S/C64H42N2O2.Ir/c1-40(67)34-47(68)29-26-41-14-2-3-15-48(41)44-35-45(51-18-6-4-16-49(51)42-27-30-59-61(38-42)55-22-10-8-20-53(55)57-24-12-32-65-63(57)59)37-46(36-44)52-19-7-5-17-50(52)43-28-31-60-62(39-43)56-23-11-9-21-54(56)58-25-13-33-66-64(58)60;/h2-25,27-28,32-39,67H,26,29H2,1H3;/q-2;/b40-34-;. The number of carbonyl (C=O) groups is 1. The topological polar surface area (TPSA) is 63.1 Å². The van der Waals surface area contributed by atoms with Crippen molar-refractivity contribution in [2.24, 2.45) is 0 Å². The summed E-state index contributed by atoms with van der Waals surface area (Å²) in [7, 11) is 0. The van der Waals surface area contributed by atoms with Crippen LogP contribution in [-0.2, 0) is 31.3 Å². The summed E-state index contributed by atoms with van der Waals surface area (Å²) in [5.74, 6) is -0.0908. The summed E-state index contributed by atoms with van der Waals surface area (Å²) in [6, 6.07) is 74.1. The van der Waals surface area contributed by atoms with Gasteiger partial charge in [-0.05, 0) is 115 Å². The molecule has 10 aromatic carbocycles. The second-order valence-corrected chi connectivity index (χ2v) is 17.5. The van der Waals surface area contributed by atoms with Gasteiger partial charge in [0, 0.05) is 45.0 Å². The molecule has 0 spiro atoms. The fourth-order valence-electron chi connectivity index (χ4n) is 10.3. The third-order valence-electron chi connectivity index (χ3n) is 13.4. The van der Waals surface area contributed by atoms with Crippen molar-refractivity contribution in [1.29, 1.82) is 0 Å². The summed E-state index contributed by atoms with van der Waals surface area (Å²) < 4.78 is 0. The zero-order valence-corrected chi connectivity index (χ0v) is 40.0. The third-order valence-corrected chi connectivity index (χ3v) is 13.4. The van der Waals surface area contributed by atoms with Gasteiger partial charge in [-0.15, -0.1) is 47.2 Å². The molecular weight excluding hydrogens is 1020 g/mol. The molecule has 0 aliphatic carbocycles. The average molecular weight is 1060 g/mol. The van der Waals surface area contributed by atoms with E-state index in [0.29, 0.717) is 6.42 Å². The second kappa shape index (κ2) is 18.2. The van der Waals surface area contributed by atoms with Crippen LogP contribution in [0.2, 0.25) is 0 Å². The minimum absolute atomic E-state index is 0. The van der Waals surface area contributed by atoms with Crippen LogP contribution in [0, 0.1) is 12.1 Å². The summed E-state index contributed by atoms with van der Waals surface area (Å²) in [6.07, 6.45) is 5.84. The smallest absolute Gasteiger partial charge is 0.159 e. The van der Waals surface area contributed by atoms with Crippen LogP contribution in [0.5, 0.6) is 0 Å². The largest absolute Gasteiger partial charge is 0.512 e. The molecule has 4 nitrogen and oxygen atoms in total. The first-order valence-electron chi connectivity index (χ1n) is 23.0. The van der Waals surface area contributed by atoms with Gasteiger partial charge in [0.15, 0.2) is 5.78 Å². The number of hydrogen-bond acceptors (Lipinski definition) is 4. The van der Waals surface area contributed by atoms with Gasteiger partial charge < -0.3 is 15.1 Å². The Kier molecular flexibility index (Phi) is 11.5. The van der Waals surface area contributed by atoms with E-state index in [4.69, 9.17) is 9.97 Å². The molecule has 331 valence electrons. The van der Waals surface area contributed by atoms with Crippen LogP contribution in [0.3, 0.4) is 0 Å². The Morgan fingerprint density at radius 3 is 1.30 bits per heavy atom. The summed E-state index contributed by atoms with van der Waals surface area (Å²) in [6.45, 7) is 1.53. The van der Waals surface area contributed by atoms with E-state index >= 15 is 0 Å². The van der Waals surface area contributed by atoms with Crippen LogP contribution in [0.25, 0.3) is 121 Å². The van der Waals surface area contributed by atoms with Crippen LogP contribution in [0.15, 0.2) is 212 Å². The van der Waals surface area contributed by atoms with Crippen LogP contribution < -0.4 is 0 Å². The first kappa shape index (κ1) is 43.5. The summed E-state index contributed by atoms with van der Waals surface area (Å²) >= 11 is 0. The van der Waals surface area contributed by atoms with Crippen molar-refractivity contribution in [3.63, 3.8) is 0 Å². The molecule has 0 aliphatic heterocycles. The third kappa shape index (κ3) is 7.86. The monoisotopic (exact) mass is 1060 g/mol. The van der Waals surface area contributed by atoms with E-state index < -0.39 is 0 Å². The maximum absolute atomic E-state index is 12.9. The molecule has 2 aromatic heterocycles. The van der Waals surface area contributed by atoms with Crippen molar-refractivity contribution in [3.05, 3.63) is 230 Å². The Morgan fingerprint density at radius 2 is 0.841 bits per heavy atom. The van der Waals surface area contributed by atoms with Crippen molar-refractivity contribution < 1.29 is 30.0 Å². The van der Waals surface area contributed by atoms with Crippen molar-refractivity contribution in [2.45, 2.75) is 19.8 Å². The summed E-state index contributed by atoms with van der Waals surface area (Å²) in [5.41, 5.74) is 13.7. The van der Waals surface area contributed by atoms with Gasteiger partial charge in [0.1, 0.15) is 0 Å². The van der Waals surface area contributed by atoms with Crippen LogP contribution in [0.4, 0.5) is 0 Å². The molecule has 2 heterocycles. The minimum Gasteiger partial charge on any atom is -0.512 e. The Balaban J connectivity index is 0.00000520. The number of pyridine rings is 2. The summed E-state index contributed by atoms with van der Waals surface area (Å²) in [4.78, 5) is 22.6. The van der Waals surface area contributed by atoms with Crippen molar-refractivity contribution in [1.82, 2.24) is 9.97 Å². The predicted octanol–water partition coefficient (Wildman–Crippen LogP) is 16.3. The molecule has 1 radical (unpaired) electrons. The van der Waals surface area contributed by atoms with Gasteiger partial charge in [-0.3, -0.25) is 4.79 Å². The number of aliphatic hydroxyl groups excluding tert-OH is 1. The quantitative estimate of drug-likeness (QED) is 0.0677. The Bertz CT molecular complexity index is 3750. The van der Waals surface area contributed by atoms with Gasteiger partial charge in [0.25, 0.3) is 0 Å². The van der Waals surface area contributed by atoms with E-state index in [1.807, 2.05) is 30.6 Å². The number of benzene rings is 10. The molecule has 12 rings (SSSR count). The van der Waals surface area contributed by atoms with Gasteiger partial charge in [0.05, 0.1) is 5.76 Å². The molecular formula is C64H42IrN2O2-2. The molecule has 0 atom stereocenters. The van der Waals surface area contributed by atoms with E-state index in [0.717, 1.165) is 105 Å². The van der Waals surface area contributed by atoms with Crippen LogP contribution >= 0.6 is 0 Å². The summed E-state index contributed by atoms with van der Waals surface area (Å²) in [5, 5.41) is 21.0. The average Bonchev–Trinajstić information content (AvgIpc) is 3.40. The van der Waals surface area contributed by atoms with E-state index in [1.165, 1.54) is 34.5 Å². The van der Waals surface area contributed by atoms with Crippen molar-refractivity contribution in [3.8, 4) is 55.6 Å². The molecule has 0 bridgehead atoms. The molecule has 12 aromatic rings. The Morgan fingerprint density at radius 1 is 0.464 bits per heavy atom. The zero-order valence-electron chi connectivity index (χ0n) is 37.6. The van der Waals surface area contributed by atoms with E-state index in [-0.39, 0.29) is 38.1 Å². The second-order valence-electron chi connectivity index (χ2n) is 17.5. The van der Waals surface area contributed by atoms with E-state index in [9.17, 15) is 9.90 Å². The number of nitrogens with zero attached hydrogens (tertiary/aromatic N) is 2. The molecule has 0 saturated heterocycles. The molecule has 69 heavy (non-hydrogen) atoms. The van der Waals surface area contributed by atoms with Gasteiger partial charge in [-0.25, -0.2) is 0 Å². The van der Waals surface area contributed by atoms with Gasteiger partial charge >= 0.3 is 0 Å². The van der Waals surface area contributed by atoms with Crippen LogP contribution in [0.1, 0.15) is 18.9 Å². The number of hydrogen-bond donors (Lipinski definition) is 1. The van der Waals surface area contributed by atoms with Gasteiger partial charge in [0.2, 0.25) is 0 Å². The Hall–Kier alpha value is -8.08. The first-order chi connectivity index (χ1) is 33.5.